The van der Waals surface area contributed by atoms with Gasteiger partial charge < -0.3 is 0 Å². The second-order valence-electron chi connectivity index (χ2n) is 5.14. The number of imide groups is 1. The molecule has 3 amide bonds. The summed E-state index contributed by atoms with van der Waals surface area (Å²) in [4.78, 5) is 37.8. The Kier molecular flexibility index (Phi) is 3.83. The lowest BCUT2D eigenvalue weighted by Gasteiger charge is -2.19. The molecule has 0 spiro atoms. The predicted octanol–water partition coefficient (Wildman–Crippen LogP) is 3.01. The lowest BCUT2D eigenvalue weighted by molar-refractivity contribution is -0.380. The van der Waals surface area contributed by atoms with E-state index in [-0.39, 0.29) is 17.5 Å². The van der Waals surface area contributed by atoms with Crippen molar-refractivity contribution in [2.75, 3.05) is 4.90 Å². The first kappa shape index (κ1) is 15.2. The molecule has 8 heteroatoms. The van der Waals surface area contributed by atoms with Gasteiger partial charge in [0.1, 0.15) is 6.04 Å². The van der Waals surface area contributed by atoms with Crippen LogP contribution in [0.15, 0.2) is 41.8 Å². The van der Waals surface area contributed by atoms with E-state index < -0.39 is 17.0 Å². The van der Waals surface area contributed by atoms with E-state index in [0.29, 0.717) is 11.3 Å². The highest BCUT2D eigenvalue weighted by atomic mass is 32.1. The van der Waals surface area contributed by atoms with Crippen LogP contribution in [0.3, 0.4) is 0 Å². The third kappa shape index (κ3) is 2.68. The van der Waals surface area contributed by atoms with Crippen molar-refractivity contribution in [2.45, 2.75) is 19.5 Å². The molecule has 0 saturated carbocycles. The van der Waals surface area contributed by atoms with E-state index in [1.54, 1.807) is 36.6 Å². The number of urea groups is 1. The zero-order chi connectivity index (χ0) is 16.6. The molecule has 1 fully saturated rings. The normalized spacial score (nSPS) is 17.9. The first-order valence-electron chi connectivity index (χ1n) is 6.90. The van der Waals surface area contributed by atoms with Gasteiger partial charge in [-0.1, -0.05) is 29.5 Å². The highest BCUT2D eigenvalue weighted by Crippen LogP contribution is 2.29. The fourth-order valence-electron chi connectivity index (χ4n) is 2.52. The summed E-state index contributed by atoms with van der Waals surface area (Å²) in [5.41, 5.74) is 1.22. The summed E-state index contributed by atoms with van der Waals surface area (Å²) in [6.07, 6.45) is 0. The maximum Gasteiger partial charge on any atom is 0.332 e. The van der Waals surface area contributed by atoms with Crippen LogP contribution in [0, 0.1) is 10.1 Å². The van der Waals surface area contributed by atoms with E-state index in [9.17, 15) is 19.7 Å². The molecule has 1 saturated heterocycles. The summed E-state index contributed by atoms with van der Waals surface area (Å²) >= 11 is 0.979. The Morgan fingerprint density at radius 1 is 1.26 bits per heavy atom. The van der Waals surface area contributed by atoms with Crippen LogP contribution < -0.4 is 4.90 Å². The molecule has 1 aromatic heterocycles. The molecule has 2 heterocycles. The summed E-state index contributed by atoms with van der Waals surface area (Å²) in [6.45, 7) is 1.71. The summed E-state index contributed by atoms with van der Waals surface area (Å²) in [5.74, 6) is -0.312. The SMILES string of the molecule is C[C@@H]1C(=O)N(Cc2csc([N+](=O)[O-])c2)C(=O)N1c1ccccc1. The van der Waals surface area contributed by atoms with Crippen molar-refractivity contribution in [3.05, 3.63) is 57.5 Å². The van der Waals surface area contributed by atoms with Crippen molar-refractivity contribution in [2.24, 2.45) is 0 Å². The van der Waals surface area contributed by atoms with Gasteiger partial charge in [0.05, 0.1) is 11.5 Å². The number of carbonyl (C=O) groups excluding carboxylic acids is 2. The minimum absolute atomic E-state index is 0.00735. The number of anilines is 1. The van der Waals surface area contributed by atoms with E-state index >= 15 is 0 Å². The van der Waals surface area contributed by atoms with Gasteiger partial charge in [0, 0.05) is 17.1 Å². The average molecular weight is 331 g/mol. The number of nitrogens with zero attached hydrogens (tertiary/aromatic N) is 3. The highest BCUT2D eigenvalue weighted by Gasteiger charge is 2.43. The topological polar surface area (TPSA) is 83.8 Å². The van der Waals surface area contributed by atoms with E-state index in [2.05, 4.69) is 0 Å². The number of benzene rings is 1. The van der Waals surface area contributed by atoms with Crippen LogP contribution in [0.4, 0.5) is 15.5 Å². The molecule has 2 aromatic rings. The molecule has 23 heavy (non-hydrogen) atoms. The summed E-state index contributed by atoms with van der Waals surface area (Å²) < 4.78 is 0. The zero-order valence-corrected chi connectivity index (χ0v) is 13.0. The molecule has 1 aliphatic heterocycles. The predicted molar refractivity (Wildman–Crippen MR) is 85.3 cm³/mol. The monoisotopic (exact) mass is 331 g/mol. The molecule has 118 valence electrons. The number of nitro groups is 1. The largest absolute Gasteiger partial charge is 0.332 e. The fraction of sp³-hybridized carbons (Fsp3) is 0.200. The number of hydrogen-bond acceptors (Lipinski definition) is 5. The molecule has 7 nitrogen and oxygen atoms in total. The van der Waals surface area contributed by atoms with Gasteiger partial charge in [-0.15, -0.1) is 0 Å². The van der Waals surface area contributed by atoms with Crippen LogP contribution in [0.25, 0.3) is 0 Å². The van der Waals surface area contributed by atoms with Gasteiger partial charge in [-0.3, -0.25) is 24.7 Å². The number of rotatable bonds is 4. The van der Waals surface area contributed by atoms with Crippen molar-refractivity contribution >= 4 is 34.0 Å². The van der Waals surface area contributed by atoms with Crippen LogP contribution in [0.2, 0.25) is 0 Å². The standard InChI is InChI=1S/C15H13N3O4S/c1-10-14(19)16(8-11-7-13(18(21)22)23-9-11)15(20)17(10)12-5-3-2-4-6-12/h2-7,9-10H,8H2,1H3/t10-/m1/s1. The van der Waals surface area contributed by atoms with Gasteiger partial charge in [-0.05, 0) is 24.6 Å². The molecular weight excluding hydrogens is 318 g/mol. The van der Waals surface area contributed by atoms with Crippen molar-refractivity contribution in [1.29, 1.82) is 0 Å². The fourth-order valence-corrected chi connectivity index (χ4v) is 3.24. The minimum atomic E-state index is -0.599. The van der Waals surface area contributed by atoms with Crippen LogP contribution in [-0.4, -0.2) is 27.8 Å². The molecule has 1 aromatic carbocycles. The Hall–Kier alpha value is -2.74. The molecule has 1 aliphatic rings. The molecule has 0 bridgehead atoms. The summed E-state index contributed by atoms with van der Waals surface area (Å²) in [5, 5.41) is 12.3. The van der Waals surface area contributed by atoms with Gasteiger partial charge >= 0.3 is 11.0 Å². The number of carbonyl (C=O) groups is 2. The smallest absolute Gasteiger partial charge is 0.282 e. The molecule has 0 aliphatic carbocycles. The number of hydrogen-bond donors (Lipinski definition) is 0. The first-order chi connectivity index (χ1) is 11.0. The Morgan fingerprint density at radius 2 is 1.96 bits per heavy atom. The third-order valence-corrected chi connectivity index (χ3v) is 4.57. The zero-order valence-electron chi connectivity index (χ0n) is 12.2. The Balaban J connectivity index is 1.84. The number of amides is 3. The van der Waals surface area contributed by atoms with Gasteiger partial charge in [-0.25, -0.2) is 4.79 Å². The first-order valence-corrected chi connectivity index (χ1v) is 7.78. The van der Waals surface area contributed by atoms with Crippen molar-refractivity contribution in [3.8, 4) is 0 Å². The van der Waals surface area contributed by atoms with Crippen LogP contribution in [0.5, 0.6) is 0 Å². The summed E-state index contributed by atoms with van der Waals surface area (Å²) in [6, 6.07) is 9.33. The average Bonchev–Trinajstić information content (AvgIpc) is 3.08. The van der Waals surface area contributed by atoms with Crippen LogP contribution in [0.1, 0.15) is 12.5 Å². The molecule has 0 unspecified atom stereocenters. The quantitative estimate of drug-likeness (QED) is 0.490. The summed E-state index contributed by atoms with van der Waals surface area (Å²) in [7, 11) is 0. The van der Waals surface area contributed by atoms with E-state index in [1.807, 2.05) is 6.07 Å². The van der Waals surface area contributed by atoms with E-state index in [1.165, 1.54) is 11.0 Å². The lowest BCUT2D eigenvalue weighted by atomic mass is 10.2. The maximum absolute atomic E-state index is 12.6. The Morgan fingerprint density at radius 3 is 2.57 bits per heavy atom. The van der Waals surface area contributed by atoms with Gasteiger partial charge in [-0.2, -0.15) is 0 Å². The van der Waals surface area contributed by atoms with Gasteiger partial charge in [0.15, 0.2) is 0 Å². The second kappa shape index (κ2) is 5.81. The third-order valence-electron chi connectivity index (χ3n) is 3.64. The van der Waals surface area contributed by atoms with Crippen molar-refractivity contribution in [3.63, 3.8) is 0 Å². The van der Waals surface area contributed by atoms with Crippen LogP contribution in [-0.2, 0) is 11.3 Å². The molecular formula is C15H13N3O4S. The highest BCUT2D eigenvalue weighted by molar-refractivity contribution is 7.13. The van der Waals surface area contributed by atoms with E-state index in [4.69, 9.17) is 0 Å². The van der Waals surface area contributed by atoms with Gasteiger partial charge in [0.25, 0.3) is 5.91 Å². The van der Waals surface area contributed by atoms with Crippen LogP contribution >= 0.6 is 11.3 Å². The van der Waals surface area contributed by atoms with Crippen molar-refractivity contribution < 1.29 is 14.5 Å². The molecule has 0 radical (unpaired) electrons. The van der Waals surface area contributed by atoms with E-state index in [0.717, 1.165) is 16.2 Å². The molecule has 1 atom stereocenters. The number of para-hydroxylation sites is 1. The molecule has 0 N–H and O–H groups in total. The Labute approximate surface area is 135 Å². The van der Waals surface area contributed by atoms with Gasteiger partial charge in [0.2, 0.25) is 0 Å². The second-order valence-corrected chi connectivity index (χ2v) is 6.03. The minimum Gasteiger partial charge on any atom is -0.282 e. The number of thiophene rings is 1. The van der Waals surface area contributed by atoms with Crippen molar-refractivity contribution in [1.82, 2.24) is 4.90 Å². The maximum atomic E-state index is 12.6. The lowest BCUT2D eigenvalue weighted by Crippen LogP contribution is -2.33. The molecule has 3 rings (SSSR count). The Bertz CT molecular complexity index is 774.